The fourth-order valence-electron chi connectivity index (χ4n) is 1.23. The summed E-state index contributed by atoms with van der Waals surface area (Å²) >= 11 is 3.16. The second kappa shape index (κ2) is 4.67. The van der Waals surface area contributed by atoms with E-state index < -0.39 is 14.1 Å². The van der Waals surface area contributed by atoms with Gasteiger partial charge in [-0.2, -0.15) is 0 Å². The van der Waals surface area contributed by atoms with Gasteiger partial charge in [-0.1, -0.05) is 15.9 Å². The standard InChI is InChI=1S/C11H14BrFO2Si/c1-7(14)9-5-8(12)6-10(13)11(9)15-16(2,3)4/h5-6H,1-4H3. The minimum atomic E-state index is -1.93. The molecule has 0 aliphatic carbocycles. The van der Waals surface area contributed by atoms with Gasteiger partial charge in [0.1, 0.15) is 0 Å². The third kappa shape index (κ3) is 3.42. The summed E-state index contributed by atoms with van der Waals surface area (Å²) in [5.74, 6) is -0.620. The normalized spacial score (nSPS) is 11.4. The van der Waals surface area contributed by atoms with Crippen LogP contribution in [0.15, 0.2) is 16.6 Å². The summed E-state index contributed by atoms with van der Waals surface area (Å²) in [5, 5.41) is 0. The predicted molar refractivity (Wildman–Crippen MR) is 68.1 cm³/mol. The summed E-state index contributed by atoms with van der Waals surface area (Å²) in [6, 6.07) is 2.89. The Morgan fingerprint density at radius 3 is 2.38 bits per heavy atom. The van der Waals surface area contributed by atoms with E-state index in [9.17, 15) is 9.18 Å². The third-order valence-electron chi connectivity index (χ3n) is 1.80. The van der Waals surface area contributed by atoms with Crippen molar-refractivity contribution in [2.45, 2.75) is 26.6 Å². The van der Waals surface area contributed by atoms with Gasteiger partial charge in [0.25, 0.3) is 0 Å². The van der Waals surface area contributed by atoms with Crippen molar-refractivity contribution in [1.29, 1.82) is 0 Å². The molecule has 0 amide bonds. The van der Waals surface area contributed by atoms with Gasteiger partial charge in [0.05, 0.1) is 5.56 Å². The van der Waals surface area contributed by atoms with Gasteiger partial charge in [-0.05, 0) is 38.7 Å². The largest absolute Gasteiger partial charge is 0.542 e. The fraction of sp³-hybridized carbons (Fsp3) is 0.364. The van der Waals surface area contributed by atoms with Gasteiger partial charge in [-0.15, -0.1) is 0 Å². The molecule has 5 heteroatoms. The molecule has 0 unspecified atom stereocenters. The third-order valence-corrected chi connectivity index (χ3v) is 3.07. The molecule has 16 heavy (non-hydrogen) atoms. The molecule has 0 bridgehead atoms. The first-order chi connectivity index (χ1) is 7.20. The van der Waals surface area contributed by atoms with Crippen molar-refractivity contribution in [3.05, 3.63) is 28.0 Å². The molecule has 0 heterocycles. The highest BCUT2D eigenvalue weighted by Gasteiger charge is 2.23. The van der Waals surface area contributed by atoms with Crippen molar-refractivity contribution < 1.29 is 13.6 Å². The highest BCUT2D eigenvalue weighted by Crippen LogP contribution is 2.29. The zero-order chi connectivity index (χ0) is 12.5. The SMILES string of the molecule is CC(=O)c1cc(Br)cc(F)c1O[Si](C)(C)C. The van der Waals surface area contributed by atoms with Gasteiger partial charge in [-0.25, -0.2) is 4.39 Å². The van der Waals surface area contributed by atoms with Crippen LogP contribution < -0.4 is 4.43 Å². The zero-order valence-corrected chi connectivity index (χ0v) is 12.3. The Bertz CT molecular complexity index is 427. The lowest BCUT2D eigenvalue weighted by molar-refractivity contribution is 0.101. The molecule has 0 aliphatic heterocycles. The van der Waals surface area contributed by atoms with Crippen molar-refractivity contribution in [3.8, 4) is 5.75 Å². The molecule has 0 N–H and O–H groups in total. The van der Waals surface area contributed by atoms with E-state index in [1.165, 1.54) is 13.0 Å². The molecule has 1 rings (SSSR count). The maximum atomic E-state index is 13.7. The molecule has 1 aromatic carbocycles. The van der Waals surface area contributed by atoms with Gasteiger partial charge in [0.15, 0.2) is 17.3 Å². The molecule has 0 fully saturated rings. The van der Waals surface area contributed by atoms with E-state index in [-0.39, 0.29) is 17.1 Å². The number of benzene rings is 1. The number of ketones is 1. The molecule has 0 aliphatic rings. The summed E-state index contributed by atoms with van der Waals surface area (Å²) < 4.78 is 19.9. The van der Waals surface area contributed by atoms with Crippen molar-refractivity contribution in [1.82, 2.24) is 0 Å². The van der Waals surface area contributed by atoms with Crippen LogP contribution in [-0.4, -0.2) is 14.1 Å². The number of Topliss-reactive ketones (excluding diaryl/α,β-unsaturated/α-hetero) is 1. The second-order valence-electron chi connectivity index (χ2n) is 4.53. The Hall–Kier alpha value is -0.683. The van der Waals surface area contributed by atoms with E-state index in [0.717, 1.165) is 0 Å². The first kappa shape index (κ1) is 13.4. The Morgan fingerprint density at radius 1 is 1.38 bits per heavy atom. The molecule has 0 spiro atoms. The monoisotopic (exact) mass is 304 g/mol. The highest BCUT2D eigenvalue weighted by atomic mass is 79.9. The van der Waals surface area contributed by atoms with E-state index in [0.29, 0.717) is 4.47 Å². The van der Waals surface area contributed by atoms with Crippen molar-refractivity contribution in [2.24, 2.45) is 0 Å². The van der Waals surface area contributed by atoms with Gasteiger partial charge in [-0.3, -0.25) is 4.79 Å². The minimum absolute atomic E-state index is 0.0786. The van der Waals surface area contributed by atoms with Crippen LogP contribution in [0.1, 0.15) is 17.3 Å². The van der Waals surface area contributed by atoms with Crippen molar-refractivity contribution in [3.63, 3.8) is 0 Å². The number of carbonyl (C=O) groups excluding carboxylic acids is 1. The molecular weight excluding hydrogens is 291 g/mol. The fourth-order valence-corrected chi connectivity index (χ4v) is 2.48. The van der Waals surface area contributed by atoms with E-state index in [1.807, 2.05) is 19.6 Å². The average Bonchev–Trinajstić information content (AvgIpc) is 2.07. The van der Waals surface area contributed by atoms with Crippen molar-refractivity contribution >= 4 is 30.0 Å². The average molecular weight is 305 g/mol. The summed E-state index contributed by atoms with van der Waals surface area (Å²) in [5.41, 5.74) is 0.286. The maximum Gasteiger partial charge on any atom is 0.242 e. The van der Waals surface area contributed by atoms with Crippen molar-refractivity contribution in [2.75, 3.05) is 0 Å². The van der Waals surface area contributed by atoms with Gasteiger partial charge >= 0.3 is 0 Å². The number of halogens is 2. The predicted octanol–water partition coefficient (Wildman–Crippen LogP) is 4.00. The smallest absolute Gasteiger partial charge is 0.242 e. The van der Waals surface area contributed by atoms with Gasteiger partial charge in [0, 0.05) is 4.47 Å². The zero-order valence-electron chi connectivity index (χ0n) is 9.73. The van der Waals surface area contributed by atoms with Gasteiger partial charge in [0.2, 0.25) is 8.32 Å². The second-order valence-corrected chi connectivity index (χ2v) is 9.88. The van der Waals surface area contributed by atoms with Crippen LogP contribution in [0.2, 0.25) is 19.6 Å². The minimum Gasteiger partial charge on any atom is -0.542 e. The van der Waals surface area contributed by atoms with E-state index >= 15 is 0 Å². The molecule has 88 valence electrons. The Kier molecular flexibility index (Phi) is 3.91. The van der Waals surface area contributed by atoms with Crippen LogP contribution in [0, 0.1) is 5.82 Å². The van der Waals surface area contributed by atoms with E-state index in [2.05, 4.69) is 15.9 Å². The van der Waals surface area contributed by atoms with Crippen LogP contribution in [0.5, 0.6) is 5.75 Å². The van der Waals surface area contributed by atoms with Crippen LogP contribution >= 0.6 is 15.9 Å². The number of hydrogen-bond donors (Lipinski definition) is 0. The molecule has 0 atom stereocenters. The lowest BCUT2D eigenvalue weighted by atomic mass is 10.1. The molecular formula is C11H14BrFO2Si. The molecule has 0 saturated carbocycles. The lowest BCUT2D eigenvalue weighted by Crippen LogP contribution is -2.30. The highest BCUT2D eigenvalue weighted by molar-refractivity contribution is 9.10. The molecule has 2 nitrogen and oxygen atoms in total. The Labute approximate surface area is 104 Å². The first-order valence-electron chi connectivity index (χ1n) is 4.90. The topological polar surface area (TPSA) is 26.3 Å². The first-order valence-corrected chi connectivity index (χ1v) is 9.10. The van der Waals surface area contributed by atoms with Crippen LogP contribution in [-0.2, 0) is 0 Å². The maximum absolute atomic E-state index is 13.7. The Morgan fingerprint density at radius 2 is 1.94 bits per heavy atom. The Balaban J connectivity index is 3.30. The summed E-state index contributed by atoms with van der Waals surface area (Å²) in [6.45, 7) is 7.23. The molecule has 0 aromatic heterocycles. The quantitative estimate of drug-likeness (QED) is 0.623. The van der Waals surface area contributed by atoms with E-state index in [1.54, 1.807) is 6.07 Å². The number of carbonyl (C=O) groups is 1. The summed E-state index contributed by atoms with van der Waals surface area (Å²) in [4.78, 5) is 11.4. The number of hydrogen-bond acceptors (Lipinski definition) is 2. The summed E-state index contributed by atoms with van der Waals surface area (Å²) in [6.07, 6.45) is 0. The molecule has 1 aromatic rings. The lowest BCUT2D eigenvalue weighted by Gasteiger charge is -2.21. The number of rotatable bonds is 3. The van der Waals surface area contributed by atoms with Crippen LogP contribution in [0.3, 0.4) is 0 Å². The van der Waals surface area contributed by atoms with Gasteiger partial charge < -0.3 is 4.43 Å². The van der Waals surface area contributed by atoms with E-state index in [4.69, 9.17) is 4.43 Å². The molecule has 0 saturated heterocycles. The molecule has 0 radical (unpaired) electrons. The summed E-state index contributed by atoms with van der Waals surface area (Å²) in [7, 11) is -1.93. The van der Waals surface area contributed by atoms with Crippen LogP contribution in [0.25, 0.3) is 0 Å². The van der Waals surface area contributed by atoms with Crippen LogP contribution in [0.4, 0.5) is 4.39 Å².